The third-order valence-corrected chi connectivity index (χ3v) is 5.91. The number of nitrogens with zero attached hydrogens (tertiary/aromatic N) is 1. The Labute approximate surface area is 111 Å². The number of hydrogen-bond donors (Lipinski definition) is 1. The van der Waals surface area contributed by atoms with Crippen LogP contribution in [0.4, 0.5) is 0 Å². The van der Waals surface area contributed by atoms with Crippen LogP contribution in [0, 0.1) is 17.2 Å². The Morgan fingerprint density at radius 1 is 1.33 bits per heavy atom. The van der Waals surface area contributed by atoms with Crippen LogP contribution in [-0.4, -0.2) is 24.9 Å². The largest absolute Gasteiger partial charge is 0.392 e. The van der Waals surface area contributed by atoms with Crippen LogP contribution < -0.4 is 0 Å². The normalized spacial score (nSPS) is 27.9. The molecule has 1 saturated carbocycles. The van der Waals surface area contributed by atoms with Gasteiger partial charge in [-0.15, -0.1) is 0 Å². The first kappa shape index (κ1) is 13.3. The van der Waals surface area contributed by atoms with E-state index in [1.807, 2.05) is 6.07 Å². The summed E-state index contributed by atoms with van der Waals surface area (Å²) in [7, 11) is -3.59. The predicted molar refractivity (Wildman–Crippen MR) is 66.8 cm³/mol. The quantitative estimate of drug-likeness (QED) is 0.898. The highest BCUT2D eigenvalue weighted by Crippen LogP contribution is 2.35. The molecule has 1 aliphatic rings. The molecule has 1 aromatic rings. The lowest BCUT2D eigenvalue weighted by Crippen LogP contribution is -2.19. The summed E-state index contributed by atoms with van der Waals surface area (Å²) in [6.07, 6.45) is -0.631. The second-order valence-corrected chi connectivity index (χ2v) is 6.98. The monoisotopic (exact) mass is 285 g/mol. The van der Waals surface area contributed by atoms with E-state index in [0.29, 0.717) is 0 Å². The summed E-state index contributed by atoms with van der Waals surface area (Å²) in [6, 6.07) is 8.16. The maximum Gasteiger partial charge on any atom is 0.182 e. The Morgan fingerprint density at radius 3 is 2.56 bits per heavy atom. The number of aliphatic hydroxyl groups excluding tert-OH is 1. The standard InChI is InChI=1S/C12H12ClNO3S/c13-10-3-1-2-4-12(10)18(16,17)9-5-8(7-14)11(15)6-9/h1-4,8-9,11,15H,5-6H2/t8-,9+,11+/m1/s1. The number of aliphatic hydroxyl groups is 1. The van der Waals surface area contributed by atoms with Crippen molar-refractivity contribution >= 4 is 21.4 Å². The van der Waals surface area contributed by atoms with Crippen molar-refractivity contribution in [2.45, 2.75) is 29.1 Å². The van der Waals surface area contributed by atoms with Crippen LogP contribution in [0.1, 0.15) is 12.8 Å². The van der Waals surface area contributed by atoms with Gasteiger partial charge in [0.2, 0.25) is 0 Å². The van der Waals surface area contributed by atoms with Crippen molar-refractivity contribution in [1.82, 2.24) is 0 Å². The molecule has 0 heterocycles. The number of benzene rings is 1. The third-order valence-electron chi connectivity index (χ3n) is 3.23. The van der Waals surface area contributed by atoms with E-state index in [-0.39, 0.29) is 22.8 Å². The Morgan fingerprint density at radius 2 is 2.00 bits per heavy atom. The Hall–Kier alpha value is -1.09. The van der Waals surface area contributed by atoms with Gasteiger partial charge in [-0.25, -0.2) is 8.42 Å². The van der Waals surface area contributed by atoms with Crippen LogP contribution in [-0.2, 0) is 9.84 Å². The summed E-state index contributed by atoms with van der Waals surface area (Å²) in [5.74, 6) is -0.618. The summed E-state index contributed by atoms with van der Waals surface area (Å²) in [5.41, 5.74) is 0. The lowest BCUT2D eigenvalue weighted by molar-refractivity contribution is 0.156. The molecular formula is C12H12ClNO3S. The Kier molecular flexibility index (Phi) is 3.62. The molecule has 0 spiro atoms. The Bertz CT molecular complexity index is 594. The zero-order valence-corrected chi connectivity index (χ0v) is 11.0. The van der Waals surface area contributed by atoms with E-state index >= 15 is 0 Å². The maximum atomic E-state index is 12.4. The smallest absolute Gasteiger partial charge is 0.182 e. The second kappa shape index (κ2) is 4.88. The highest BCUT2D eigenvalue weighted by atomic mass is 35.5. The molecule has 3 atom stereocenters. The zero-order valence-electron chi connectivity index (χ0n) is 9.45. The number of sulfone groups is 1. The number of rotatable bonds is 2. The van der Waals surface area contributed by atoms with E-state index in [0.717, 1.165) is 0 Å². The van der Waals surface area contributed by atoms with Gasteiger partial charge in [-0.2, -0.15) is 5.26 Å². The molecular weight excluding hydrogens is 274 g/mol. The van der Waals surface area contributed by atoms with E-state index < -0.39 is 27.1 Å². The molecule has 0 amide bonds. The van der Waals surface area contributed by atoms with E-state index in [4.69, 9.17) is 16.9 Å². The molecule has 0 radical (unpaired) electrons. The fourth-order valence-corrected chi connectivity index (χ4v) is 4.55. The third kappa shape index (κ3) is 2.24. The predicted octanol–water partition coefficient (Wildman–Crippen LogP) is 1.78. The van der Waals surface area contributed by atoms with Crippen molar-refractivity contribution in [3.05, 3.63) is 29.3 Å². The molecule has 1 aromatic carbocycles. The molecule has 1 aliphatic carbocycles. The second-order valence-electron chi connectivity index (χ2n) is 4.37. The average Bonchev–Trinajstić information content (AvgIpc) is 2.71. The molecule has 0 unspecified atom stereocenters. The van der Waals surface area contributed by atoms with Crippen molar-refractivity contribution in [3.63, 3.8) is 0 Å². The van der Waals surface area contributed by atoms with Crippen molar-refractivity contribution in [1.29, 1.82) is 5.26 Å². The lowest BCUT2D eigenvalue weighted by Gasteiger charge is -2.12. The minimum absolute atomic E-state index is 0.0717. The van der Waals surface area contributed by atoms with Gasteiger partial charge in [0.25, 0.3) is 0 Å². The minimum Gasteiger partial charge on any atom is -0.392 e. The fraction of sp³-hybridized carbons (Fsp3) is 0.417. The Balaban J connectivity index is 2.35. The number of hydrogen-bond acceptors (Lipinski definition) is 4. The topological polar surface area (TPSA) is 78.2 Å². The van der Waals surface area contributed by atoms with Gasteiger partial charge in [-0.3, -0.25) is 0 Å². The molecule has 0 saturated heterocycles. The van der Waals surface area contributed by atoms with Gasteiger partial charge in [0.1, 0.15) is 0 Å². The van der Waals surface area contributed by atoms with Crippen LogP contribution >= 0.6 is 11.6 Å². The molecule has 1 fully saturated rings. The van der Waals surface area contributed by atoms with Gasteiger partial charge in [0, 0.05) is 0 Å². The molecule has 0 aliphatic heterocycles. The SMILES string of the molecule is N#C[C@H]1C[C@H](S(=O)(=O)c2ccccc2Cl)C[C@@H]1O. The highest BCUT2D eigenvalue weighted by Gasteiger charge is 2.41. The van der Waals surface area contributed by atoms with Crippen molar-refractivity contribution in [3.8, 4) is 6.07 Å². The highest BCUT2D eigenvalue weighted by molar-refractivity contribution is 7.92. The molecule has 6 heteroatoms. The van der Waals surface area contributed by atoms with Crippen LogP contribution in [0.3, 0.4) is 0 Å². The first-order chi connectivity index (χ1) is 8.46. The summed E-state index contributed by atoms with van der Waals surface area (Å²) in [4.78, 5) is 0.0717. The molecule has 0 aromatic heterocycles. The first-order valence-electron chi connectivity index (χ1n) is 5.53. The molecule has 4 nitrogen and oxygen atoms in total. The maximum absolute atomic E-state index is 12.4. The van der Waals surface area contributed by atoms with Crippen molar-refractivity contribution in [2.75, 3.05) is 0 Å². The van der Waals surface area contributed by atoms with Crippen LogP contribution in [0.15, 0.2) is 29.2 Å². The number of nitriles is 1. The summed E-state index contributed by atoms with van der Waals surface area (Å²) >= 11 is 5.89. The van der Waals surface area contributed by atoms with Crippen molar-refractivity contribution < 1.29 is 13.5 Å². The summed E-state index contributed by atoms with van der Waals surface area (Å²) in [5, 5.41) is 17.9. The van der Waals surface area contributed by atoms with Gasteiger partial charge in [0.15, 0.2) is 9.84 Å². The molecule has 18 heavy (non-hydrogen) atoms. The average molecular weight is 286 g/mol. The van der Waals surface area contributed by atoms with E-state index in [1.54, 1.807) is 12.1 Å². The van der Waals surface area contributed by atoms with E-state index in [2.05, 4.69) is 0 Å². The molecule has 96 valence electrons. The summed E-state index contributed by atoms with van der Waals surface area (Å²) < 4.78 is 24.7. The number of halogens is 1. The van der Waals surface area contributed by atoms with E-state index in [9.17, 15) is 13.5 Å². The fourth-order valence-electron chi connectivity index (χ4n) is 2.22. The van der Waals surface area contributed by atoms with Gasteiger partial charge < -0.3 is 5.11 Å². The molecule has 0 bridgehead atoms. The van der Waals surface area contributed by atoms with E-state index in [1.165, 1.54) is 12.1 Å². The lowest BCUT2D eigenvalue weighted by atomic mass is 10.1. The van der Waals surface area contributed by atoms with Gasteiger partial charge in [-0.05, 0) is 25.0 Å². The van der Waals surface area contributed by atoms with Crippen LogP contribution in [0.25, 0.3) is 0 Å². The molecule has 2 rings (SSSR count). The zero-order chi connectivity index (χ0) is 13.3. The molecule has 1 N–H and O–H groups in total. The van der Waals surface area contributed by atoms with Crippen molar-refractivity contribution in [2.24, 2.45) is 5.92 Å². The minimum atomic E-state index is -3.59. The first-order valence-corrected chi connectivity index (χ1v) is 7.45. The van der Waals surface area contributed by atoms with Crippen LogP contribution in [0.2, 0.25) is 5.02 Å². The van der Waals surface area contributed by atoms with Gasteiger partial charge >= 0.3 is 0 Å². The summed E-state index contributed by atoms with van der Waals surface area (Å²) in [6.45, 7) is 0. The van der Waals surface area contributed by atoms with Crippen LogP contribution in [0.5, 0.6) is 0 Å². The van der Waals surface area contributed by atoms with Gasteiger partial charge in [0.05, 0.1) is 33.3 Å². The van der Waals surface area contributed by atoms with Gasteiger partial charge in [-0.1, -0.05) is 23.7 Å².